The van der Waals surface area contributed by atoms with Crippen LogP contribution in [-0.2, 0) is 17.6 Å². The van der Waals surface area contributed by atoms with Gasteiger partial charge in [-0.1, -0.05) is 49.0 Å². The van der Waals surface area contributed by atoms with Crippen molar-refractivity contribution in [1.29, 1.82) is 0 Å². The van der Waals surface area contributed by atoms with E-state index in [1.807, 2.05) is 37.3 Å². The summed E-state index contributed by atoms with van der Waals surface area (Å²) in [4.78, 5) is 34.5. The summed E-state index contributed by atoms with van der Waals surface area (Å²) in [6, 6.07) is 9.79. The summed E-state index contributed by atoms with van der Waals surface area (Å²) < 4.78 is 0. The Morgan fingerprint density at radius 1 is 1.39 bits per heavy atom. The third kappa shape index (κ3) is 4.00. The van der Waals surface area contributed by atoms with Crippen molar-refractivity contribution in [2.24, 2.45) is 5.92 Å². The highest BCUT2D eigenvalue weighted by Crippen LogP contribution is 2.36. The number of hydrogen-bond donors (Lipinski definition) is 2. The molecule has 28 heavy (non-hydrogen) atoms. The number of aromatic amines is 1. The van der Waals surface area contributed by atoms with Crippen LogP contribution in [0, 0.1) is 5.92 Å². The monoisotopic (exact) mass is 413 g/mol. The minimum atomic E-state index is -0.0855. The van der Waals surface area contributed by atoms with Crippen LogP contribution in [0.4, 0.5) is 0 Å². The fourth-order valence-corrected chi connectivity index (χ4v) is 5.75. The Balaban J connectivity index is 1.45. The number of hydrogen-bond acceptors (Lipinski definition) is 5. The summed E-state index contributed by atoms with van der Waals surface area (Å²) >= 11 is 2.90. The summed E-state index contributed by atoms with van der Waals surface area (Å²) in [5, 5.41) is 4.24. The first-order valence-corrected chi connectivity index (χ1v) is 11.3. The van der Waals surface area contributed by atoms with Crippen LogP contribution >= 0.6 is 23.1 Å². The average Bonchev–Trinajstić information content (AvgIpc) is 3.04. The van der Waals surface area contributed by atoms with Gasteiger partial charge in [0.1, 0.15) is 4.83 Å². The predicted molar refractivity (Wildman–Crippen MR) is 115 cm³/mol. The molecule has 5 nitrogen and oxygen atoms in total. The normalized spacial score (nSPS) is 17.3. The van der Waals surface area contributed by atoms with E-state index in [-0.39, 0.29) is 23.3 Å². The van der Waals surface area contributed by atoms with E-state index in [9.17, 15) is 9.59 Å². The lowest BCUT2D eigenvalue weighted by atomic mass is 9.89. The Hall–Kier alpha value is -2.12. The van der Waals surface area contributed by atoms with E-state index in [1.165, 1.54) is 22.2 Å². The van der Waals surface area contributed by atoms with E-state index in [2.05, 4.69) is 22.2 Å². The number of aromatic nitrogens is 2. The van der Waals surface area contributed by atoms with Gasteiger partial charge in [0.05, 0.1) is 17.2 Å². The maximum Gasteiger partial charge on any atom is 0.260 e. The zero-order valence-corrected chi connectivity index (χ0v) is 17.6. The van der Waals surface area contributed by atoms with Crippen molar-refractivity contribution in [2.75, 3.05) is 5.75 Å². The van der Waals surface area contributed by atoms with Gasteiger partial charge in [-0.15, -0.1) is 11.3 Å². The van der Waals surface area contributed by atoms with Gasteiger partial charge in [-0.05, 0) is 43.2 Å². The second kappa shape index (κ2) is 8.09. The van der Waals surface area contributed by atoms with Gasteiger partial charge in [-0.2, -0.15) is 0 Å². The van der Waals surface area contributed by atoms with E-state index < -0.39 is 0 Å². The lowest BCUT2D eigenvalue weighted by Crippen LogP contribution is -2.28. The highest BCUT2D eigenvalue weighted by molar-refractivity contribution is 7.99. The molecule has 0 unspecified atom stereocenters. The van der Waals surface area contributed by atoms with Crippen LogP contribution in [0.25, 0.3) is 10.2 Å². The number of carbonyl (C=O) groups is 1. The molecule has 2 aromatic heterocycles. The molecule has 1 aromatic carbocycles. The van der Waals surface area contributed by atoms with E-state index in [4.69, 9.17) is 0 Å². The van der Waals surface area contributed by atoms with Gasteiger partial charge < -0.3 is 10.3 Å². The van der Waals surface area contributed by atoms with Crippen molar-refractivity contribution in [3.63, 3.8) is 0 Å². The van der Waals surface area contributed by atoms with Gasteiger partial charge in [0.15, 0.2) is 5.16 Å². The molecule has 2 heterocycles. The number of amides is 1. The van der Waals surface area contributed by atoms with E-state index in [0.29, 0.717) is 11.1 Å². The van der Waals surface area contributed by atoms with Crippen LogP contribution in [0.3, 0.4) is 0 Å². The fraction of sp³-hybridized carbons (Fsp3) is 0.381. The minimum Gasteiger partial charge on any atom is -0.349 e. The van der Waals surface area contributed by atoms with Crippen LogP contribution in [-0.4, -0.2) is 21.6 Å². The zero-order chi connectivity index (χ0) is 19.7. The van der Waals surface area contributed by atoms with Crippen LogP contribution in [0.15, 0.2) is 40.3 Å². The van der Waals surface area contributed by atoms with Gasteiger partial charge in [0.25, 0.3) is 5.56 Å². The number of fused-ring (bicyclic) bond motifs is 3. The summed E-state index contributed by atoms with van der Waals surface area (Å²) in [6.45, 7) is 4.21. The molecule has 0 spiro atoms. The quantitative estimate of drug-likeness (QED) is 0.488. The maximum absolute atomic E-state index is 12.6. The van der Waals surface area contributed by atoms with Gasteiger partial charge in [-0.3, -0.25) is 9.59 Å². The van der Waals surface area contributed by atoms with Crippen LogP contribution in [0.5, 0.6) is 0 Å². The van der Waals surface area contributed by atoms with Crippen molar-refractivity contribution < 1.29 is 4.79 Å². The van der Waals surface area contributed by atoms with E-state index in [1.54, 1.807) is 11.3 Å². The smallest absolute Gasteiger partial charge is 0.260 e. The van der Waals surface area contributed by atoms with Gasteiger partial charge >= 0.3 is 0 Å². The second-order valence-electron chi connectivity index (χ2n) is 7.39. The van der Waals surface area contributed by atoms with Gasteiger partial charge in [0, 0.05) is 4.88 Å². The van der Waals surface area contributed by atoms with Gasteiger partial charge in [-0.25, -0.2) is 4.98 Å². The third-order valence-electron chi connectivity index (χ3n) is 5.16. The Morgan fingerprint density at radius 3 is 2.96 bits per heavy atom. The molecule has 0 aliphatic heterocycles. The van der Waals surface area contributed by atoms with Crippen molar-refractivity contribution in [3.05, 3.63) is 56.7 Å². The first-order chi connectivity index (χ1) is 13.5. The SMILES string of the molecule is C[C@H]1CCc2c(sc3nc(SCC(=O)N[C@@H](C)c4ccccc4)[nH]c(=O)c23)C1. The fourth-order valence-electron chi connectivity index (χ4n) is 3.64. The van der Waals surface area contributed by atoms with Crippen LogP contribution in [0.2, 0.25) is 0 Å². The molecule has 3 aromatic rings. The van der Waals surface area contributed by atoms with Gasteiger partial charge in [0.2, 0.25) is 5.91 Å². The molecule has 2 N–H and O–H groups in total. The number of thioether (sulfide) groups is 1. The second-order valence-corrected chi connectivity index (χ2v) is 9.44. The van der Waals surface area contributed by atoms with Crippen LogP contribution < -0.4 is 10.9 Å². The first-order valence-electron chi connectivity index (χ1n) is 9.53. The van der Waals surface area contributed by atoms with Crippen LogP contribution in [0.1, 0.15) is 42.3 Å². The largest absolute Gasteiger partial charge is 0.349 e. The summed E-state index contributed by atoms with van der Waals surface area (Å²) in [5.74, 6) is 0.792. The predicted octanol–water partition coefficient (Wildman–Crippen LogP) is 4.08. The molecule has 0 saturated carbocycles. The number of H-pyrrole nitrogens is 1. The van der Waals surface area contributed by atoms with E-state index >= 15 is 0 Å². The number of nitrogens with one attached hydrogen (secondary N) is 2. The number of benzene rings is 1. The highest BCUT2D eigenvalue weighted by Gasteiger charge is 2.23. The van der Waals surface area contributed by atoms with Crippen molar-refractivity contribution in [3.8, 4) is 0 Å². The highest BCUT2D eigenvalue weighted by atomic mass is 32.2. The average molecular weight is 414 g/mol. The molecule has 2 atom stereocenters. The minimum absolute atomic E-state index is 0.0604. The molecule has 0 bridgehead atoms. The van der Waals surface area contributed by atoms with E-state index in [0.717, 1.165) is 35.0 Å². The van der Waals surface area contributed by atoms with Crippen molar-refractivity contribution in [2.45, 2.75) is 44.3 Å². The molecule has 4 rings (SSSR count). The van der Waals surface area contributed by atoms with Crippen molar-refractivity contribution in [1.82, 2.24) is 15.3 Å². The summed E-state index contributed by atoms with van der Waals surface area (Å²) in [7, 11) is 0. The zero-order valence-electron chi connectivity index (χ0n) is 16.0. The number of carbonyl (C=O) groups excluding carboxylic acids is 1. The standard InChI is InChI=1S/C21H23N3O2S2/c1-12-8-9-15-16(10-12)28-20-18(15)19(26)23-21(24-20)27-11-17(25)22-13(2)14-6-4-3-5-7-14/h3-7,12-13H,8-11H2,1-2H3,(H,22,25)(H,23,24,26)/t12-,13-/m0/s1. The molecule has 1 amide bonds. The summed E-state index contributed by atoms with van der Waals surface area (Å²) in [5.41, 5.74) is 2.16. The molecule has 0 saturated heterocycles. The lowest BCUT2D eigenvalue weighted by Gasteiger charge is -2.17. The number of rotatable bonds is 5. The maximum atomic E-state index is 12.6. The third-order valence-corrected chi connectivity index (χ3v) is 7.18. The Morgan fingerprint density at radius 2 is 2.18 bits per heavy atom. The topological polar surface area (TPSA) is 74.8 Å². The molecule has 1 aliphatic rings. The number of nitrogens with zero attached hydrogens (tertiary/aromatic N) is 1. The Labute approximate surface area is 172 Å². The van der Waals surface area contributed by atoms with Crippen molar-refractivity contribution >= 4 is 39.2 Å². The number of thiophene rings is 1. The summed E-state index contributed by atoms with van der Waals surface area (Å²) in [6.07, 6.45) is 3.10. The first kappa shape index (κ1) is 19.2. The molecule has 0 radical (unpaired) electrons. The Bertz CT molecular complexity index is 1060. The molecule has 7 heteroatoms. The number of aryl methyl sites for hydroxylation is 1. The molecule has 0 fully saturated rings. The Kier molecular flexibility index (Phi) is 5.55. The molecular formula is C21H23N3O2S2. The molecule has 146 valence electrons. The molecular weight excluding hydrogens is 390 g/mol. The lowest BCUT2D eigenvalue weighted by molar-refractivity contribution is -0.119. The molecule has 1 aliphatic carbocycles.